The number of hydrogen-bond donors (Lipinski definition) is 3. The number of nitrogens with zero attached hydrogens (tertiary/aromatic N) is 3. The fourth-order valence-electron chi connectivity index (χ4n) is 4.12. The molecule has 32 heavy (non-hydrogen) atoms. The minimum atomic E-state index is -0.463. The Morgan fingerprint density at radius 3 is 2.88 bits per heavy atom. The smallest absolute Gasteiger partial charge is 0.276 e. The maximum atomic E-state index is 14.4. The van der Waals surface area contributed by atoms with E-state index in [9.17, 15) is 9.18 Å². The second kappa shape index (κ2) is 9.32. The zero-order chi connectivity index (χ0) is 22.7. The van der Waals surface area contributed by atoms with Gasteiger partial charge < -0.3 is 21.3 Å². The lowest BCUT2D eigenvalue weighted by Crippen LogP contribution is -2.44. The van der Waals surface area contributed by atoms with Crippen molar-refractivity contribution in [3.63, 3.8) is 0 Å². The fraction of sp³-hybridized carbons (Fsp3) is 0.292. The Hall–Kier alpha value is -3.52. The van der Waals surface area contributed by atoms with Gasteiger partial charge >= 0.3 is 0 Å². The first kappa shape index (κ1) is 21.7. The first-order valence-electron chi connectivity index (χ1n) is 10.7. The van der Waals surface area contributed by atoms with E-state index in [0.29, 0.717) is 23.0 Å². The van der Waals surface area contributed by atoms with Gasteiger partial charge in [-0.25, -0.2) is 9.37 Å². The molecule has 0 aliphatic carbocycles. The summed E-state index contributed by atoms with van der Waals surface area (Å²) in [5.74, 6) is -0.859. The van der Waals surface area contributed by atoms with Crippen molar-refractivity contribution in [2.75, 3.05) is 36.1 Å². The van der Waals surface area contributed by atoms with Crippen LogP contribution in [0.15, 0.2) is 48.8 Å². The number of likely N-dealkylation sites (N-methyl/N-ethyl adjacent to an activating group) is 1. The van der Waals surface area contributed by atoms with E-state index in [2.05, 4.69) is 25.5 Å². The van der Waals surface area contributed by atoms with Crippen LogP contribution < -0.4 is 21.3 Å². The molecule has 1 aliphatic heterocycles. The van der Waals surface area contributed by atoms with Gasteiger partial charge in [-0.05, 0) is 56.6 Å². The van der Waals surface area contributed by atoms with Crippen LogP contribution >= 0.6 is 0 Å². The molecule has 0 bridgehead atoms. The van der Waals surface area contributed by atoms with Gasteiger partial charge in [0, 0.05) is 30.9 Å². The number of nitrogen functional groups attached to an aromatic ring is 1. The summed E-state index contributed by atoms with van der Waals surface area (Å²) < 4.78 is 14.4. The van der Waals surface area contributed by atoms with E-state index >= 15 is 0 Å². The standard InChI is InChI=1S/C24H27FN6O/c1-15-5-3-7-17(25)22(15)19-9-8-18(26)23(29-19)24(32)30-20-13-28-11-10-21(20)31-12-4-6-16(14-31)27-2/h3,5,7-11,13,16,27H,4,6,12,14,26H2,1-2H3,(H,30,32)/t16-/m0/s1. The Morgan fingerprint density at radius 2 is 2.09 bits per heavy atom. The normalized spacial score (nSPS) is 16.1. The molecule has 0 radical (unpaired) electrons. The molecule has 4 N–H and O–H groups in total. The Labute approximate surface area is 186 Å². The van der Waals surface area contributed by atoms with Gasteiger partial charge in [-0.1, -0.05) is 12.1 Å². The SMILES string of the molecule is CN[C@H]1CCCN(c2ccncc2NC(=O)c2nc(-c3c(C)cccc3F)ccc2N)C1. The highest BCUT2D eigenvalue weighted by atomic mass is 19.1. The molecule has 1 saturated heterocycles. The van der Waals surface area contributed by atoms with Crippen molar-refractivity contribution in [3.05, 3.63) is 65.9 Å². The van der Waals surface area contributed by atoms with E-state index in [1.54, 1.807) is 43.6 Å². The average Bonchev–Trinajstić information content (AvgIpc) is 2.80. The summed E-state index contributed by atoms with van der Waals surface area (Å²) in [5, 5.41) is 6.23. The van der Waals surface area contributed by atoms with Gasteiger partial charge in [-0.15, -0.1) is 0 Å². The maximum absolute atomic E-state index is 14.4. The number of rotatable bonds is 5. The predicted octanol–water partition coefficient (Wildman–Crippen LogP) is 3.61. The topological polar surface area (TPSA) is 96.2 Å². The van der Waals surface area contributed by atoms with E-state index < -0.39 is 11.7 Å². The Morgan fingerprint density at radius 1 is 1.25 bits per heavy atom. The summed E-state index contributed by atoms with van der Waals surface area (Å²) in [6, 6.07) is 10.3. The van der Waals surface area contributed by atoms with E-state index in [1.165, 1.54) is 6.07 Å². The zero-order valence-electron chi connectivity index (χ0n) is 18.2. The molecule has 1 amide bonds. The third-order valence-corrected chi connectivity index (χ3v) is 5.84. The molecule has 3 aromatic rings. The number of pyridine rings is 2. The lowest BCUT2D eigenvalue weighted by atomic mass is 10.0. The predicted molar refractivity (Wildman–Crippen MR) is 125 cm³/mol. The van der Waals surface area contributed by atoms with Gasteiger partial charge in [0.05, 0.1) is 29.0 Å². The molecule has 8 heteroatoms. The molecular weight excluding hydrogens is 407 g/mol. The summed E-state index contributed by atoms with van der Waals surface area (Å²) >= 11 is 0. The van der Waals surface area contributed by atoms with Gasteiger partial charge in [-0.3, -0.25) is 9.78 Å². The summed E-state index contributed by atoms with van der Waals surface area (Å²) in [7, 11) is 1.96. The number of nitrogens with two attached hydrogens (primary N) is 1. The van der Waals surface area contributed by atoms with E-state index in [-0.39, 0.29) is 11.4 Å². The minimum Gasteiger partial charge on any atom is -0.397 e. The summed E-state index contributed by atoms with van der Waals surface area (Å²) in [6.45, 7) is 3.54. The molecule has 0 saturated carbocycles. The van der Waals surface area contributed by atoms with Crippen LogP contribution in [-0.4, -0.2) is 42.1 Å². The van der Waals surface area contributed by atoms with Crippen LogP contribution in [0.4, 0.5) is 21.5 Å². The van der Waals surface area contributed by atoms with Crippen LogP contribution in [0.25, 0.3) is 11.3 Å². The molecular formula is C24H27FN6O. The number of nitrogens with one attached hydrogen (secondary N) is 2. The van der Waals surface area contributed by atoms with E-state index in [1.807, 2.05) is 13.1 Å². The third-order valence-electron chi connectivity index (χ3n) is 5.84. The lowest BCUT2D eigenvalue weighted by Gasteiger charge is -2.35. The number of piperidine rings is 1. The number of aryl methyl sites for hydroxylation is 1. The number of amides is 1. The van der Waals surface area contributed by atoms with E-state index in [0.717, 1.165) is 37.2 Å². The molecule has 166 valence electrons. The first-order valence-corrected chi connectivity index (χ1v) is 10.7. The highest BCUT2D eigenvalue weighted by molar-refractivity contribution is 6.08. The molecule has 7 nitrogen and oxygen atoms in total. The van der Waals surface area contributed by atoms with E-state index in [4.69, 9.17) is 5.73 Å². The van der Waals surface area contributed by atoms with Crippen molar-refractivity contribution in [2.24, 2.45) is 0 Å². The van der Waals surface area contributed by atoms with Crippen LogP contribution in [0.3, 0.4) is 0 Å². The summed E-state index contributed by atoms with van der Waals surface area (Å²) in [4.78, 5) is 24.0. The van der Waals surface area contributed by atoms with Crippen molar-refractivity contribution in [3.8, 4) is 11.3 Å². The number of benzene rings is 1. The van der Waals surface area contributed by atoms with Crippen molar-refractivity contribution in [2.45, 2.75) is 25.8 Å². The van der Waals surface area contributed by atoms with Gasteiger partial charge in [0.25, 0.3) is 5.91 Å². The highest BCUT2D eigenvalue weighted by Gasteiger charge is 2.23. The largest absolute Gasteiger partial charge is 0.397 e. The van der Waals surface area contributed by atoms with Crippen LogP contribution in [-0.2, 0) is 0 Å². The van der Waals surface area contributed by atoms with Crippen LogP contribution in [0.5, 0.6) is 0 Å². The molecule has 1 aliphatic rings. The second-order valence-electron chi connectivity index (χ2n) is 7.99. The number of halogens is 1. The fourth-order valence-corrected chi connectivity index (χ4v) is 4.12. The van der Waals surface area contributed by atoms with Gasteiger partial charge in [0.1, 0.15) is 5.82 Å². The third kappa shape index (κ3) is 4.40. The molecule has 0 unspecified atom stereocenters. The van der Waals surface area contributed by atoms with Crippen molar-refractivity contribution in [1.29, 1.82) is 0 Å². The monoisotopic (exact) mass is 434 g/mol. The van der Waals surface area contributed by atoms with Crippen LogP contribution in [0, 0.1) is 12.7 Å². The highest BCUT2D eigenvalue weighted by Crippen LogP contribution is 2.30. The van der Waals surface area contributed by atoms with Crippen LogP contribution in [0.1, 0.15) is 28.9 Å². The van der Waals surface area contributed by atoms with Crippen molar-refractivity contribution < 1.29 is 9.18 Å². The zero-order valence-corrected chi connectivity index (χ0v) is 18.2. The molecule has 2 aromatic heterocycles. The van der Waals surface area contributed by atoms with Gasteiger partial charge in [-0.2, -0.15) is 0 Å². The summed E-state index contributed by atoms with van der Waals surface area (Å²) in [5.41, 5.74) is 9.26. The number of carbonyl (C=O) groups is 1. The van der Waals surface area contributed by atoms with Crippen molar-refractivity contribution >= 4 is 23.0 Å². The number of hydrogen-bond acceptors (Lipinski definition) is 6. The lowest BCUT2D eigenvalue weighted by molar-refractivity contribution is 0.102. The molecule has 0 spiro atoms. The Kier molecular flexibility index (Phi) is 6.32. The number of anilines is 3. The molecule has 1 fully saturated rings. The maximum Gasteiger partial charge on any atom is 0.276 e. The Balaban J connectivity index is 1.63. The first-order chi connectivity index (χ1) is 15.5. The number of aromatic nitrogens is 2. The average molecular weight is 435 g/mol. The van der Waals surface area contributed by atoms with Crippen molar-refractivity contribution in [1.82, 2.24) is 15.3 Å². The van der Waals surface area contributed by atoms with Gasteiger partial charge in [0.15, 0.2) is 5.69 Å². The Bertz CT molecular complexity index is 1110. The summed E-state index contributed by atoms with van der Waals surface area (Å²) in [6.07, 6.45) is 5.50. The molecule has 1 aromatic carbocycles. The molecule has 3 heterocycles. The minimum absolute atomic E-state index is 0.0479. The molecule has 1 atom stereocenters. The van der Waals surface area contributed by atoms with Crippen LogP contribution in [0.2, 0.25) is 0 Å². The molecule has 4 rings (SSSR count). The second-order valence-corrected chi connectivity index (χ2v) is 7.99. The number of carbonyl (C=O) groups excluding carboxylic acids is 1. The van der Waals surface area contributed by atoms with Gasteiger partial charge in [0.2, 0.25) is 0 Å². The quantitative estimate of drug-likeness (QED) is 0.568.